The Morgan fingerprint density at radius 3 is 2.37 bits per heavy atom. The van der Waals surface area contributed by atoms with E-state index >= 15 is 0 Å². The van der Waals surface area contributed by atoms with Gasteiger partial charge in [0.15, 0.2) is 0 Å². The Labute approximate surface area is 112 Å². The number of hydrogen-bond donors (Lipinski definition) is 2. The van der Waals surface area contributed by atoms with E-state index in [-0.39, 0.29) is 6.10 Å². The average Bonchev–Trinajstić information content (AvgIpc) is 2.91. The molecule has 2 N–H and O–H groups in total. The van der Waals surface area contributed by atoms with Gasteiger partial charge < -0.3 is 5.32 Å². The highest BCUT2D eigenvalue weighted by atomic mass is 16.7. The molecule has 1 saturated carbocycles. The standard InChI is InChI=1S/C14H18N2O3/c1-10-6-8-11(9-7-10)15-13(17)14(18)16-19-12-4-2-3-5-12/h6-9,12H,2-5H2,1H3,(H,15,17)(H,16,18). The number of carbonyl (C=O) groups excluding carboxylic acids is 2. The summed E-state index contributed by atoms with van der Waals surface area (Å²) < 4.78 is 0. The molecule has 0 unspecified atom stereocenters. The third kappa shape index (κ3) is 4.06. The van der Waals surface area contributed by atoms with Crippen LogP contribution in [0.3, 0.4) is 0 Å². The first-order valence-corrected chi connectivity index (χ1v) is 6.49. The van der Waals surface area contributed by atoms with Crippen LogP contribution >= 0.6 is 0 Å². The highest BCUT2D eigenvalue weighted by Gasteiger charge is 2.19. The Balaban J connectivity index is 1.78. The number of rotatable bonds is 3. The molecular weight excluding hydrogens is 244 g/mol. The second kappa shape index (κ2) is 6.33. The summed E-state index contributed by atoms with van der Waals surface area (Å²) in [6.45, 7) is 1.95. The lowest BCUT2D eigenvalue weighted by atomic mass is 10.2. The number of hydrogen-bond acceptors (Lipinski definition) is 3. The molecule has 0 bridgehead atoms. The molecule has 2 rings (SSSR count). The smallest absolute Gasteiger partial charge is 0.318 e. The Bertz CT molecular complexity index is 450. The van der Waals surface area contributed by atoms with Crippen LogP contribution in [0.4, 0.5) is 5.69 Å². The van der Waals surface area contributed by atoms with Crippen LogP contribution in [0.2, 0.25) is 0 Å². The largest absolute Gasteiger partial charge is 0.333 e. The number of hydroxylamine groups is 1. The van der Waals surface area contributed by atoms with E-state index in [1.165, 1.54) is 0 Å². The van der Waals surface area contributed by atoms with Gasteiger partial charge in [-0.15, -0.1) is 0 Å². The third-order valence-electron chi connectivity index (χ3n) is 3.14. The summed E-state index contributed by atoms with van der Waals surface area (Å²) in [5, 5.41) is 2.51. The normalized spacial score (nSPS) is 15.2. The summed E-state index contributed by atoms with van der Waals surface area (Å²) in [7, 11) is 0. The van der Waals surface area contributed by atoms with Gasteiger partial charge in [-0.25, -0.2) is 5.48 Å². The molecular formula is C14H18N2O3. The van der Waals surface area contributed by atoms with E-state index in [1.54, 1.807) is 12.1 Å². The highest BCUT2D eigenvalue weighted by molar-refractivity contribution is 6.39. The van der Waals surface area contributed by atoms with E-state index in [4.69, 9.17) is 4.84 Å². The molecule has 19 heavy (non-hydrogen) atoms. The van der Waals surface area contributed by atoms with E-state index in [1.807, 2.05) is 19.1 Å². The van der Waals surface area contributed by atoms with Crippen LogP contribution in [0.25, 0.3) is 0 Å². The number of nitrogens with one attached hydrogen (secondary N) is 2. The van der Waals surface area contributed by atoms with Crippen molar-refractivity contribution in [3.63, 3.8) is 0 Å². The molecule has 0 atom stereocenters. The Morgan fingerprint density at radius 2 is 1.74 bits per heavy atom. The molecule has 0 aliphatic heterocycles. The minimum atomic E-state index is -0.771. The molecule has 2 amide bonds. The van der Waals surface area contributed by atoms with Crippen molar-refractivity contribution in [2.45, 2.75) is 38.7 Å². The van der Waals surface area contributed by atoms with E-state index < -0.39 is 11.8 Å². The maximum atomic E-state index is 11.6. The van der Waals surface area contributed by atoms with Crippen LogP contribution in [0.15, 0.2) is 24.3 Å². The summed E-state index contributed by atoms with van der Waals surface area (Å²) in [5.41, 5.74) is 3.88. The van der Waals surface area contributed by atoms with Crippen LogP contribution in [0.1, 0.15) is 31.2 Å². The fourth-order valence-corrected chi connectivity index (χ4v) is 2.01. The van der Waals surface area contributed by atoms with Crippen LogP contribution in [-0.2, 0) is 14.4 Å². The molecule has 0 aromatic heterocycles. The van der Waals surface area contributed by atoms with Crippen LogP contribution < -0.4 is 10.8 Å². The van der Waals surface area contributed by atoms with Gasteiger partial charge in [0.25, 0.3) is 0 Å². The van der Waals surface area contributed by atoms with Gasteiger partial charge in [-0.1, -0.05) is 30.5 Å². The van der Waals surface area contributed by atoms with Crippen molar-refractivity contribution >= 4 is 17.5 Å². The van der Waals surface area contributed by atoms with Gasteiger partial charge in [-0.05, 0) is 31.9 Å². The molecule has 1 aromatic carbocycles. The van der Waals surface area contributed by atoms with Crippen LogP contribution in [-0.4, -0.2) is 17.9 Å². The van der Waals surface area contributed by atoms with Crippen molar-refractivity contribution < 1.29 is 14.4 Å². The van der Waals surface area contributed by atoms with Gasteiger partial charge in [0.1, 0.15) is 0 Å². The molecule has 1 fully saturated rings. The van der Waals surface area contributed by atoms with Gasteiger partial charge in [-0.2, -0.15) is 0 Å². The zero-order valence-electron chi connectivity index (χ0n) is 10.9. The lowest BCUT2D eigenvalue weighted by Crippen LogP contribution is -2.37. The second-order valence-corrected chi connectivity index (χ2v) is 4.78. The average molecular weight is 262 g/mol. The number of anilines is 1. The SMILES string of the molecule is Cc1ccc(NC(=O)C(=O)NOC2CCCC2)cc1. The van der Waals surface area contributed by atoms with Gasteiger partial charge in [-0.3, -0.25) is 14.4 Å². The topological polar surface area (TPSA) is 67.4 Å². The lowest BCUT2D eigenvalue weighted by molar-refractivity contribution is -0.147. The van der Waals surface area contributed by atoms with Crippen LogP contribution in [0, 0.1) is 6.92 Å². The van der Waals surface area contributed by atoms with Crippen molar-refractivity contribution in [1.29, 1.82) is 0 Å². The number of carbonyl (C=O) groups is 2. The van der Waals surface area contributed by atoms with Crippen molar-refractivity contribution in [3.8, 4) is 0 Å². The minimum absolute atomic E-state index is 0.0381. The quantitative estimate of drug-likeness (QED) is 0.646. The first-order chi connectivity index (χ1) is 9.15. The molecule has 1 aliphatic rings. The Hall–Kier alpha value is -1.88. The maximum Gasteiger partial charge on any atom is 0.333 e. The predicted molar refractivity (Wildman–Crippen MR) is 71.3 cm³/mol. The van der Waals surface area contributed by atoms with E-state index in [9.17, 15) is 9.59 Å². The molecule has 0 heterocycles. The molecule has 0 radical (unpaired) electrons. The third-order valence-corrected chi connectivity index (χ3v) is 3.14. The number of amides is 2. The van der Waals surface area contributed by atoms with Gasteiger partial charge >= 0.3 is 11.8 Å². The van der Waals surface area contributed by atoms with Gasteiger partial charge in [0.05, 0.1) is 6.10 Å². The first kappa shape index (κ1) is 13.5. The highest BCUT2D eigenvalue weighted by Crippen LogP contribution is 2.19. The number of aryl methyl sites for hydroxylation is 1. The Morgan fingerprint density at radius 1 is 1.11 bits per heavy atom. The molecule has 0 saturated heterocycles. The predicted octanol–water partition coefficient (Wildman–Crippen LogP) is 1.92. The maximum absolute atomic E-state index is 11.6. The van der Waals surface area contributed by atoms with Gasteiger partial charge in [0, 0.05) is 5.69 Å². The van der Waals surface area contributed by atoms with Crippen molar-refractivity contribution in [2.75, 3.05) is 5.32 Å². The molecule has 1 aromatic rings. The van der Waals surface area contributed by atoms with Crippen molar-refractivity contribution in [1.82, 2.24) is 5.48 Å². The summed E-state index contributed by atoms with van der Waals surface area (Å²) >= 11 is 0. The first-order valence-electron chi connectivity index (χ1n) is 6.49. The van der Waals surface area contributed by atoms with Crippen molar-refractivity contribution in [2.24, 2.45) is 0 Å². The zero-order chi connectivity index (χ0) is 13.7. The fourth-order valence-electron chi connectivity index (χ4n) is 2.01. The van der Waals surface area contributed by atoms with Crippen LogP contribution in [0.5, 0.6) is 0 Å². The zero-order valence-corrected chi connectivity index (χ0v) is 10.9. The van der Waals surface area contributed by atoms with E-state index in [2.05, 4.69) is 10.8 Å². The van der Waals surface area contributed by atoms with E-state index in [0.29, 0.717) is 5.69 Å². The summed E-state index contributed by atoms with van der Waals surface area (Å²) in [5.74, 6) is -1.49. The minimum Gasteiger partial charge on any atom is -0.318 e. The molecule has 5 heteroatoms. The lowest BCUT2D eigenvalue weighted by Gasteiger charge is -2.11. The molecule has 0 spiro atoms. The molecule has 102 valence electrons. The van der Waals surface area contributed by atoms with Crippen molar-refractivity contribution in [3.05, 3.63) is 29.8 Å². The van der Waals surface area contributed by atoms with Gasteiger partial charge in [0.2, 0.25) is 0 Å². The number of benzene rings is 1. The van der Waals surface area contributed by atoms with E-state index in [0.717, 1.165) is 31.2 Å². The summed E-state index contributed by atoms with van der Waals surface area (Å²) in [6, 6.07) is 7.22. The monoisotopic (exact) mass is 262 g/mol. The fraction of sp³-hybridized carbons (Fsp3) is 0.429. The summed E-state index contributed by atoms with van der Waals surface area (Å²) in [6.07, 6.45) is 4.11. The summed E-state index contributed by atoms with van der Waals surface area (Å²) in [4.78, 5) is 28.3. The Kier molecular flexibility index (Phi) is 4.52. The molecule has 1 aliphatic carbocycles. The second-order valence-electron chi connectivity index (χ2n) is 4.78. The molecule has 5 nitrogen and oxygen atoms in total.